The molecule has 3 nitrogen and oxygen atoms in total. The molecule has 2 N–H and O–H groups in total. The van der Waals surface area contributed by atoms with E-state index in [0.29, 0.717) is 0 Å². The lowest BCUT2D eigenvalue weighted by atomic mass is 10.0. The molecule has 0 atom stereocenters. The van der Waals surface area contributed by atoms with E-state index in [0.717, 1.165) is 36.9 Å². The van der Waals surface area contributed by atoms with Crippen LogP contribution in [0.5, 0.6) is 0 Å². The molecule has 0 saturated carbocycles. The van der Waals surface area contributed by atoms with Crippen LogP contribution < -0.4 is 5.73 Å². The van der Waals surface area contributed by atoms with Gasteiger partial charge in [0.2, 0.25) is 0 Å². The largest absolute Gasteiger partial charge is 0.339 e. The molecule has 2 aromatic rings. The third kappa shape index (κ3) is 2.13. The molecule has 1 aromatic carbocycles. The van der Waals surface area contributed by atoms with Gasteiger partial charge in [-0.15, -0.1) is 11.3 Å². The average Bonchev–Trinajstić information content (AvgIpc) is 2.86. The van der Waals surface area contributed by atoms with Gasteiger partial charge >= 0.3 is 0 Å². The van der Waals surface area contributed by atoms with Gasteiger partial charge in [0.05, 0.1) is 0 Å². The second-order valence-corrected chi connectivity index (χ2v) is 5.75. The van der Waals surface area contributed by atoms with Crippen LogP contribution in [0.25, 0.3) is 10.1 Å². The van der Waals surface area contributed by atoms with Crippen molar-refractivity contribution in [2.45, 2.75) is 18.9 Å². The van der Waals surface area contributed by atoms with E-state index in [1.807, 2.05) is 23.1 Å². The molecular weight excluding hydrogens is 244 g/mol. The number of carbonyl (C=O) groups is 1. The third-order valence-corrected chi connectivity index (χ3v) is 4.42. The summed E-state index contributed by atoms with van der Waals surface area (Å²) < 4.78 is 1.23. The SMILES string of the molecule is NC1CCN(C(=O)c2ccc3sccc3c2)CC1. The Morgan fingerprint density at radius 1 is 1.28 bits per heavy atom. The quantitative estimate of drug-likeness (QED) is 0.856. The van der Waals surface area contributed by atoms with Gasteiger partial charge < -0.3 is 10.6 Å². The van der Waals surface area contributed by atoms with Crippen LogP contribution in [0.1, 0.15) is 23.2 Å². The van der Waals surface area contributed by atoms with Crippen molar-refractivity contribution in [2.75, 3.05) is 13.1 Å². The number of rotatable bonds is 1. The molecular formula is C14H16N2OS. The van der Waals surface area contributed by atoms with Crippen LogP contribution in [0.15, 0.2) is 29.6 Å². The van der Waals surface area contributed by atoms with E-state index in [2.05, 4.69) is 11.4 Å². The molecule has 0 unspecified atom stereocenters. The molecule has 94 valence electrons. The molecule has 18 heavy (non-hydrogen) atoms. The monoisotopic (exact) mass is 260 g/mol. The molecule has 2 heterocycles. The highest BCUT2D eigenvalue weighted by atomic mass is 32.1. The number of fused-ring (bicyclic) bond motifs is 1. The lowest BCUT2D eigenvalue weighted by Gasteiger charge is -2.30. The van der Waals surface area contributed by atoms with Gasteiger partial charge in [-0.25, -0.2) is 0 Å². The van der Waals surface area contributed by atoms with Gasteiger partial charge in [-0.05, 0) is 47.9 Å². The van der Waals surface area contributed by atoms with Crippen LogP contribution in [-0.4, -0.2) is 29.9 Å². The Morgan fingerprint density at radius 3 is 2.83 bits per heavy atom. The normalized spacial score (nSPS) is 17.3. The van der Waals surface area contributed by atoms with E-state index in [-0.39, 0.29) is 11.9 Å². The van der Waals surface area contributed by atoms with Crippen molar-refractivity contribution in [3.8, 4) is 0 Å². The number of hydrogen-bond donors (Lipinski definition) is 1. The highest BCUT2D eigenvalue weighted by Crippen LogP contribution is 2.23. The van der Waals surface area contributed by atoms with Gasteiger partial charge in [0, 0.05) is 29.4 Å². The Labute approximate surface area is 110 Å². The van der Waals surface area contributed by atoms with Gasteiger partial charge in [0.25, 0.3) is 5.91 Å². The summed E-state index contributed by atoms with van der Waals surface area (Å²) in [5.74, 6) is 0.134. The number of amides is 1. The molecule has 0 aliphatic carbocycles. The fourth-order valence-corrected chi connectivity index (χ4v) is 3.16. The zero-order valence-corrected chi connectivity index (χ0v) is 11.0. The minimum Gasteiger partial charge on any atom is -0.339 e. The van der Waals surface area contributed by atoms with E-state index in [1.165, 1.54) is 4.70 Å². The first-order valence-electron chi connectivity index (χ1n) is 6.26. The Morgan fingerprint density at radius 2 is 2.06 bits per heavy atom. The minimum atomic E-state index is 0.134. The van der Waals surface area contributed by atoms with Crippen molar-refractivity contribution in [2.24, 2.45) is 5.73 Å². The van der Waals surface area contributed by atoms with Crippen molar-refractivity contribution in [1.29, 1.82) is 0 Å². The minimum absolute atomic E-state index is 0.134. The standard InChI is InChI=1S/C14H16N2OS/c15-12-3-6-16(7-4-12)14(17)11-1-2-13-10(9-11)5-8-18-13/h1-2,5,8-9,12H,3-4,6-7,15H2. The van der Waals surface area contributed by atoms with Gasteiger partial charge in [-0.3, -0.25) is 4.79 Å². The lowest BCUT2D eigenvalue weighted by molar-refractivity contribution is 0.0715. The van der Waals surface area contributed by atoms with Gasteiger partial charge in [0.1, 0.15) is 0 Å². The number of carbonyl (C=O) groups excluding carboxylic acids is 1. The summed E-state index contributed by atoms with van der Waals surface area (Å²) in [6.45, 7) is 1.56. The Hall–Kier alpha value is -1.39. The zero-order chi connectivity index (χ0) is 12.5. The molecule has 0 bridgehead atoms. The summed E-state index contributed by atoms with van der Waals surface area (Å²) in [5.41, 5.74) is 6.65. The van der Waals surface area contributed by atoms with Gasteiger partial charge in [0.15, 0.2) is 0 Å². The average molecular weight is 260 g/mol. The van der Waals surface area contributed by atoms with Crippen LogP contribution in [0.4, 0.5) is 0 Å². The molecule has 1 aliphatic rings. The fourth-order valence-electron chi connectivity index (χ4n) is 2.38. The van der Waals surface area contributed by atoms with E-state index >= 15 is 0 Å². The summed E-state index contributed by atoms with van der Waals surface area (Å²) in [6, 6.07) is 8.26. The van der Waals surface area contributed by atoms with Crippen LogP contribution in [-0.2, 0) is 0 Å². The maximum Gasteiger partial charge on any atom is 0.253 e. The maximum absolute atomic E-state index is 12.4. The number of piperidine rings is 1. The van der Waals surface area contributed by atoms with E-state index in [4.69, 9.17) is 5.73 Å². The summed E-state index contributed by atoms with van der Waals surface area (Å²) in [5, 5.41) is 3.21. The number of benzene rings is 1. The van der Waals surface area contributed by atoms with Crippen molar-refractivity contribution in [3.05, 3.63) is 35.2 Å². The van der Waals surface area contributed by atoms with Crippen LogP contribution >= 0.6 is 11.3 Å². The van der Waals surface area contributed by atoms with Gasteiger partial charge in [-0.1, -0.05) is 0 Å². The van der Waals surface area contributed by atoms with E-state index in [9.17, 15) is 4.79 Å². The van der Waals surface area contributed by atoms with Crippen LogP contribution in [0.3, 0.4) is 0 Å². The van der Waals surface area contributed by atoms with Crippen LogP contribution in [0, 0.1) is 0 Å². The number of nitrogens with two attached hydrogens (primary N) is 1. The molecule has 1 saturated heterocycles. The second kappa shape index (κ2) is 4.71. The van der Waals surface area contributed by atoms with E-state index < -0.39 is 0 Å². The molecule has 1 fully saturated rings. The molecule has 3 rings (SSSR count). The summed E-state index contributed by atoms with van der Waals surface area (Å²) in [7, 11) is 0. The third-order valence-electron chi connectivity index (χ3n) is 3.53. The Bertz CT molecular complexity index is 570. The van der Waals surface area contributed by atoms with Crippen molar-refractivity contribution < 1.29 is 4.79 Å². The molecule has 4 heteroatoms. The van der Waals surface area contributed by atoms with E-state index in [1.54, 1.807) is 11.3 Å². The summed E-state index contributed by atoms with van der Waals surface area (Å²) in [4.78, 5) is 14.3. The molecule has 1 amide bonds. The number of hydrogen-bond acceptors (Lipinski definition) is 3. The summed E-state index contributed by atoms with van der Waals surface area (Å²) in [6.07, 6.45) is 1.82. The fraction of sp³-hybridized carbons (Fsp3) is 0.357. The number of likely N-dealkylation sites (tertiary alicyclic amines) is 1. The Kier molecular flexibility index (Phi) is 3.06. The first-order chi connectivity index (χ1) is 8.74. The van der Waals surface area contributed by atoms with Gasteiger partial charge in [-0.2, -0.15) is 0 Å². The lowest BCUT2D eigenvalue weighted by Crippen LogP contribution is -2.42. The first kappa shape index (κ1) is 11.7. The van der Waals surface area contributed by atoms with Crippen molar-refractivity contribution in [1.82, 2.24) is 4.90 Å². The molecule has 1 aliphatic heterocycles. The predicted octanol–water partition coefficient (Wildman–Crippen LogP) is 2.46. The maximum atomic E-state index is 12.4. The molecule has 0 radical (unpaired) electrons. The smallest absolute Gasteiger partial charge is 0.253 e. The second-order valence-electron chi connectivity index (χ2n) is 4.80. The zero-order valence-electron chi connectivity index (χ0n) is 10.1. The van der Waals surface area contributed by atoms with Crippen molar-refractivity contribution >= 4 is 27.3 Å². The van der Waals surface area contributed by atoms with Crippen molar-refractivity contribution in [3.63, 3.8) is 0 Å². The topological polar surface area (TPSA) is 46.3 Å². The highest BCUT2D eigenvalue weighted by molar-refractivity contribution is 7.17. The number of nitrogens with zero attached hydrogens (tertiary/aromatic N) is 1. The Balaban J connectivity index is 1.82. The first-order valence-corrected chi connectivity index (χ1v) is 7.14. The summed E-state index contributed by atoms with van der Waals surface area (Å²) >= 11 is 1.70. The number of thiophene rings is 1. The van der Waals surface area contributed by atoms with Crippen LogP contribution in [0.2, 0.25) is 0 Å². The highest BCUT2D eigenvalue weighted by Gasteiger charge is 2.21. The molecule has 1 aromatic heterocycles. The predicted molar refractivity (Wildman–Crippen MR) is 74.9 cm³/mol. The molecule has 0 spiro atoms.